The average Bonchev–Trinajstić information content (AvgIpc) is 2.59. The van der Waals surface area contributed by atoms with Gasteiger partial charge in [-0.25, -0.2) is 0 Å². The molecule has 1 aliphatic heterocycles. The van der Waals surface area contributed by atoms with Gasteiger partial charge in [0.15, 0.2) is 0 Å². The van der Waals surface area contributed by atoms with Gasteiger partial charge in [0.25, 0.3) is 0 Å². The molecule has 2 unspecified atom stereocenters. The Morgan fingerprint density at radius 2 is 2.00 bits per heavy atom. The molecule has 24 heavy (non-hydrogen) atoms. The number of benzene rings is 2. The molecule has 0 radical (unpaired) electrons. The van der Waals surface area contributed by atoms with E-state index in [1.54, 1.807) is 18.0 Å². The van der Waals surface area contributed by atoms with Crippen molar-refractivity contribution in [3.05, 3.63) is 64.7 Å². The second-order valence-corrected chi connectivity index (χ2v) is 6.51. The van der Waals surface area contributed by atoms with E-state index >= 15 is 0 Å². The van der Waals surface area contributed by atoms with Crippen molar-refractivity contribution in [3.63, 3.8) is 0 Å². The van der Waals surface area contributed by atoms with E-state index in [4.69, 9.17) is 11.6 Å². The first-order valence-electron chi connectivity index (χ1n) is 7.88. The molecule has 0 aliphatic carbocycles. The van der Waals surface area contributed by atoms with Gasteiger partial charge >= 0.3 is 0 Å². The standard InChI is InChI=1S/C19H19ClN2O2/c1-12(13-6-5-7-14(20)10-13)22(2)19(24)16-11-18(23)21-17-9-4-3-8-15(16)17/h3-10,12,16H,11H2,1-2H3,(H,21,23). The molecule has 0 fully saturated rings. The Morgan fingerprint density at radius 3 is 2.75 bits per heavy atom. The van der Waals surface area contributed by atoms with Crippen LogP contribution in [0.25, 0.3) is 0 Å². The number of anilines is 1. The number of nitrogens with one attached hydrogen (secondary N) is 1. The molecule has 1 aliphatic rings. The fourth-order valence-corrected chi connectivity index (χ4v) is 3.26. The molecule has 0 saturated carbocycles. The van der Waals surface area contributed by atoms with Gasteiger partial charge in [-0.3, -0.25) is 9.59 Å². The van der Waals surface area contributed by atoms with Crippen molar-refractivity contribution in [2.75, 3.05) is 12.4 Å². The second kappa shape index (κ2) is 6.65. The Morgan fingerprint density at radius 1 is 1.25 bits per heavy atom. The van der Waals surface area contributed by atoms with E-state index in [2.05, 4.69) is 5.32 Å². The van der Waals surface area contributed by atoms with E-state index in [1.807, 2.05) is 49.4 Å². The van der Waals surface area contributed by atoms with Crippen LogP contribution in [0, 0.1) is 0 Å². The molecular formula is C19H19ClN2O2. The number of nitrogens with zero attached hydrogens (tertiary/aromatic N) is 1. The molecule has 124 valence electrons. The smallest absolute Gasteiger partial charge is 0.230 e. The summed E-state index contributed by atoms with van der Waals surface area (Å²) < 4.78 is 0. The molecule has 1 N–H and O–H groups in total. The van der Waals surface area contributed by atoms with Crippen LogP contribution in [0.4, 0.5) is 5.69 Å². The Bertz CT molecular complexity index is 790. The van der Waals surface area contributed by atoms with Crippen molar-refractivity contribution in [1.29, 1.82) is 0 Å². The normalized spacial score (nSPS) is 17.6. The van der Waals surface area contributed by atoms with Crippen LogP contribution in [0.5, 0.6) is 0 Å². The van der Waals surface area contributed by atoms with Crippen LogP contribution in [-0.4, -0.2) is 23.8 Å². The summed E-state index contributed by atoms with van der Waals surface area (Å²) in [5.74, 6) is -0.651. The molecule has 0 saturated heterocycles. The van der Waals surface area contributed by atoms with Crippen LogP contribution in [0.15, 0.2) is 48.5 Å². The number of rotatable bonds is 3. The summed E-state index contributed by atoms with van der Waals surface area (Å²) in [7, 11) is 1.77. The first-order valence-corrected chi connectivity index (χ1v) is 8.26. The Balaban J connectivity index is 1.87. The molecule has 0 spiro atoms. The third-order valence-electron chi connectivity index (χ3n) is 4.56. The third kappa shape index (κ3) is 3.15. The fraction of sp³-hybridized carbons (Fsp3) is 0.263. The molecule has 3 rings (SSSR count). The highest BCUT2D eigenvalue weighted by Gasteiger charge is 2.33. The maximum Gasteiger partial charge on any atom is 0.230 e. The number of halogens is 1. The van der Waals surface area contributed by atoms with E-state index in [9.17, 15) is 9.59 Å². The lowest BCUT2D eigenvalue weighted by atomic mass is 9.89. The largest absolute Gasteiger partial charge is 0.338 e. The quantitative estimate of drug-likeness (QED) is 0.917. The number of hydrogen-bond acceptors (Lipinski definition) is 2. The van der Waals surface area contributed by atoms with Crippen LogP contribution >= 0.6 is 11.6 Å². The zero-order valence-corrected chi connectivity index (χ0v) is 14.4. The van der Waals surface area contributed by atoms with Gasteiger partial charge in [0.1, 0.15) is 0 Å². The first kappa shape index (κ1) is 16.5. The number of amides is 2. The second-order valence-electron chi connectivity index (χ2n) is 6.07. The number of carbonyl (C=O) groups is 2. The lowest BCUT2D eigenvalue weighted by Crippen LogP contribution is -2.37. The summed E-state index contributed by atoms with van der Waals surface area (Å²) in [6.45, 7) is 1.96. The van der Waals surface area contributed by atoms with Gasteiger partial charge in [0.05, 0.1) is 12.0 Å². The van der Waals surface area contributed by atoms with E-state index in [0.717, 1.165) is 16.8 Å². The summed E-state index contributed by atoms with van der Waals surface area (Å²) in [5.41, 5.74) is 2.55. The van der Waals surface area contributed by atoms with E-state index in [0.29, 0.717) is 5.02 Å². The van der Waals surface area contributed by atoms with Crippen molar-refractivity contribution in [1.82, 2.24) is 4.90 Å². The van der Waals surface area contributed by atoms with Gasteiger partial charge in [-0.2, -0.15) is 0 Å². The Labute approximate surface area is 146 Å². The topological polar surface area (TPSA) is 49.4 Å². The van der Waals surface area contributed by atoms with Crippen molar-refractivity contribution in [2.24, 2.45) is 0 Å². The molecule has 2 aromatic rings. The lowest BCUT2D eigenvalue weighted by molar-refractivity contribution is -0.135. The number of carbonyl (C=O) groups excluding carboxylic acids is 2. The van der Waals surface area contributed by atoms with E-state index in [1.165, 1.54) is 0 Å². The maximum atomic E-state index is 13.0. The predicted molar refractivity (Wildman–Crippen MR) is 95.1 cm³/mol. The summed E-state index contributed by atoms with van der Waals surface area (Å²) >= 11 is 6.05. The first-order chi connectivity index (χ1) is 11.5. The fourth-order valence-electron chi connectivity index (χ4n) is 3.06. The van der Waals surface area contributed by atoms with Crippen LogP contribution in [0.3, 0.4) is 0 Å². The van der Waals surface area contributed by atoms with Crippen LogP contribution < -0.4 is 5.32 Å². The summed E-state index contributed by atoms with van der Waals surface area (Å²) in [4.78, 5) is 26.7. The molecule has 4 nitrogen and oxygen atoms in total. The molecule has 0 bridgehead atoms. The molecule has 2 aromatic carbocycles. The van der Waals surface area contributed by atoms with Crippen molar-refractivity contribution < 1.29 is 9.59 Å². The van der Waals surface area contributed by atoms with Gasteiger partial charge < -0.3 is 10.2 Å². The van der Waals surface area contributed by atoms with Crippen LogP contribution in [0.2, 0.25) is 5.02 Å². The van der Waals surface area contributed by atoms with Gasteiger partial charge in [-0.05, 0) is 36.2 Å². The summed E-state index contributed by atoms with van der Waals surface area (Å²) in [6.07, 6.45) is 0.169. The van der Waals surface area contributed by atoms with Gasteiger partial charge in [-0.15, -0.1) is 0 Å². The third-order valence-corrected chi connectivity index (χ3v) is 4.79. The summed E-state index contributed by atoms with van der Waals surface area (Å²) in [5, 5.41) is 3.47. The zero-order valence-electron chi connectivity index (χ0n) is 13.6. The van der Waals surface area contributed by atoms with Gasteiger partial charge in [-0.1, -0.05) is 41.9 Å². The summed E-state index contributed by atoms with van der Waals surface area (Å²) in [6, 6.07) is 14.8. The average molecular weight is 343 g/mol. The van der Waals surface area contributed by atoms with Crippen molar-refractivity contribution >= 4 is 29.1 Å². The van der Waals surface area contributed by atoms with E-state index < -0.39 is 5.92 Å². The number of para-hydroxylation sites is 1. The maximum absolute atomic E-state index is 13.0. The lowest BCUT2D eigenvalue weighted by Gasteiger charge is -2.32. The zero-order chi connectivity index (χ0) is 17.3. The Kier molecular flexibility index (Phi) is 4.58. The highest BCUT2D eigenvalue weighted by Crippen LogP contribution is 2.35. The Hall–Kier alpha value is -2.33. The number of hydrogen-bond donors (Lipinski definition) is 1. The highest BCUT2D eigenvalue weighted by molar-refractivity contribution is 6.30. The van der Waals surface area contributed by atoms with Crippen molar-refractivity contribution in [3.8, 4) is 0 Å². The van der Waals surface area contributed by atoms with Gasteiger partial charge in [0.2, 0.25) is 11.8 Å². The minimum absolute atomic E-state index is 0.0650. The van der Waals surface area contributed by atoms with Crippen LogP contribution in [-0.2, 0) is 9.59 Å². The molecule has 0 aromatic heterocycles. The highest BCUT2D eigenvalue weighted by atomic mass is 35.5. The van der Waals surface area contributed by atoms with Crippen molar-refractivity contribution in [2.45, 2.75) is 25.3 Å². The molecule has 1 heterocycles. The number of fused-ring (bicyclic) bond motifs is 1. The minimum Gasteiger partial charge on any atom is -0.338 e. The van der Waals surface area contributed by atoms with E-state index in [-0.39, 0.29) is 24.3 Å². The molecule has 2 atom stereocenters. The van der Waals surface area contributed by atoms with Gasteiger partial charge in [0, 0.05) is 24.2 Å². The monoisotopic (exact) mass is 342 g/mol. The predicted octanol–water partition coefficient (Wildman–Crippen LogP) is 3.99. The molecule has 5 heteroatoms. The minimum atomic E-state index is -0.457. The molecular weight excluding hydrogens is 324 g/mol. The number of likely N-dealkylation sites (N-methyl/N-ethyl adjacent to an activating group) is 1. The SMILES string of the molecule is CC(c1cccc(Cl)c1)N(C)C(=O)C1CC(=O)Nc2ccccc21. The van der Waals surface area contributed by atoms with Crippen LogP contribution in [0.1, 0.15) is 36.4 Å². The molecule has 2 amide bonds.